The largest absolute Gasteiger partial charge is 0.336 e. The van der Waals surface area contributed by atoms with E-state index in [0.29, 0.717) is 30.0 Å². The maximum atomic E-state index is 14.2. The molecule has 1 fully saturated rings. The summed E-state index contributed by atoms with van der Waals surface area (Å²) in [5.41, 5.74) is 2.73. The highest BCUT2D eigenvalue weighted by Gasteiger charge is 2.28. The van der Waals surface area contributed by atoms with Gasteiger partial charge in [-0.3, -0.25) is 9.69 Å². The molecule has 158 valence electrons. The van der Waals surface area contributed by atoms with Crippen LogP contribution in [0.1, 0.15) is 32.4 Å². The molecule has 9 heteroatoms. The third kappa shape index (κ3) is 3.99. The molecule has 6 nitrogen and oxygen atoms in total. The lowest BCUT2D eigenvalue weighted by Gasteiger charge is -2.34. The van der Waals surface area contributed by atoms with Crippen molar-refractivity contribution < 1.29 is 13.6 Å². The van der Waals surface area contributed by atoms with Gasteiger partial charge in [0, 0.05) is 44.2 Å². The molecule has 0 unspecified atom stereocenters. The second-order valence-electron chi connectivity index (χ2n) is 7.48. The first-order chi connectivity index (χ1) is 14.3. The van der Waals surface area contributed by atoms with Crippen LogP contribution in [0.3, 0.4) is 0 Å². The Bertz CT molecular complexity index is 1090. The molecule has 1 saturated heterocycles. The highest BCUT2D eigenvalue weighted by molar-refractivity contribution is 7.09. The quantitative estimate of drug-likeness (QED) is 0.635. The minimum absolute atomic E-state index is 0.108. The molecule has 1 aliphatic heterocycles. The van der Waals surface area contributed by atoms with Crippen molar-refractivity contribution in [3.8, 4) is 5.69 Å². The first-order valence-electron chi connectivity index (χ1n) is 9.77. The monoisotopic (exact) mass is 431 g/mol. The Labute approximate surface area is 177 Å². The first kappa shape index (κ1) is 20.6. The number of aryl methyl sites for hydroxylation is 2. The Hall–Kier alpha value is -2.65. The van der Waals surface area contributed by atoms with E-state index >= 15 is 0 Å². The molecular weight excluding hydrogens is 408 g/mol. The van der Waals surface area contributed by atoms with Gasteiger partial charge in [0.2, 0.25) is 0 Å². The molecule has 3 heterocycles. The summed E-state index contributed by atoms with van der Waals surface area (Å²) in [4.78, 5) is 21.8. The van der Waals surface area contributed by atoms with Gasteiger partial charge in [0.15, 0.2) is 5.82 Å². The van der Waals surface area contributed by atoms with E-state index < -0.39 is 11.6 Å². The number of piperazine rings is 1. The fraction of sp³-hybridized carbons (Fsp3) is 0.381. The van der Waals surface area contributed by atoms with Crippen molar-refractivity contribution in [2.24, 2.45) is 0 Å². The van der Waals surface area contributed by atoms with Gasteiger partial charge in [0.05, 0.1) is 27.7 Å². The van der Waals surface area contributed by atoms with E-state index in [0.717, 1.165) is 36.4 Å². The lowest BCUT2D eigenvalue weighted by atomic mass is 10.1. The summed E-state index contributed by atoms with van der Waals surface area (Å²) in [6, 6.07) is 3.33. The number of halogens is 2. The summed E-state index contributed by atoms with van der Waals surface area (Å²) in [6.45, 7) is 8.99. The van der Waals surface area contributed by atoms with Crippen molar-refractivity contribution in [1.82, 2.24) is 24.6 Å². The first-order valence-corrected chi connectivity index (χ1v) is 10.7. The number of carbonyl (C=O) groups excluding carboxylic acids is 1. The van der Waals surface area contributed by atoms with Gasteiger partial charge in [-0.15, -0.1) is 11.3 Å². The number of carbonyl (C=O) groups is 1. The molecule has 0 bridgehead atoms. The zero-order valence-electron chi connectivity index (χ0n) is 17.2. The van der Waals surface area contributed by atoms with Gasteiger partial charge in [-0.25, -0.2) is 18.4 Å². The summed E-state index contributed by atoms with van der Waals surface area (Å²) in [6.07, 6.45) is 0. The number of hydrogen-bond acceptors (Lipinski definition) is 5. The van der Waals surface area contributed by atoms with Gasteiger partial charge in [0.25, 0.3) is 5.91 Å². The van der Waals surface area contributed by atoms with E-state index in [9.17, 15) is 13.6 Å². The van der Waals surface area contributed by atoms with Crippen LogP contribution < -0.4 is 0 Å². The van der Waals surface area contributed by atoms with Gasteiger partial charge >= 0.3 is 0 Å². The molecule has 0 N–H and O–H groups in total. The molecule has 3 aromatic rings. The van der Waals surface area contributed by atoms with Crippen molar-refractivity contribution >= 4 is 17.2 Å². The molecular formula is C21H23F2N5OS. The van der Waals surface area contributed by atoms with Gasteiger partial charge in [-0.05, 0) is 32.9 Å². The topological polar surface area (TPSA) is 54.3 Å². The number of hydrogen-bond donors (Lipinski definition) is 0. The number of amides is 1. The third-order valence-corrected chi connectivity index (χ3v) is 6.18. The molecule has 0 atom stereocenters. The summed E-state index contributed by atoms with van der Waals surface area (Å²) in [7, 11) is 0. The third-order valence-electron chi connectivity index (χ3n) is 5.35. The second-order valence-corrected chi connectivity index (χ2v) is 8.54. The maximum absolute atomic E-state index is 14.2. The number of nitrogens with zero attached hydrogens (tertiary/aromatic N) is 5. The van der Waals surface area contributed by atoms with Crippen LogP contribution in [0.5, 0.6) is 0 Å². The molecule has 30 heavy (non-hydrogen) atoms. The molecule has 4 rings (SSSR count). The standard InChI is InChI=1S/C21H23F2N5OS/c1-13-20(14(2)28(25-13)19-5-4-16(22)10-18(19)23)21(29)27-8-6-26(7-9-27)11-17-12-30-15(3)24-17/h4-5,10,12H,6-9,11H2,1-3H3. The normalized spacial score (nSPS) is 15.0. The summed E-state index contributed by atoms with van der Waals surface area (Å²) in [5.74, 6) is -1.48. The predicted molar refractivity (Wildman–Crippen MR) is 111 cm³/mol. The summed E-state index contributed by atoms with van der Waals surface area (Å²) in [5, 5.41) is 7.48. The van der Waals surface area contributed by atoms with Crippen molar-refractivity contribution in [1.29, 1.82) is 0 Å². The molecule has 1 amide bonds. The van der Waals surface area contributed by atoms with Crippen LogP contribution in [0.4, 0.5) is 8.78 Å². The summed E-state index contributed by atoms with van der Waals surface area (Å²) >= 11 is 1.64. The van der Waals surface area contributed by atoms with E-state index in [2.05, 4.69) is 20.4 Å². The Balaban J connectivity index is 1.48. The van der Waals surface area contributed by atoms with E-state index in [4.69, 9.17) is 0 Å². The Morgan fingerprint density at radius 2 is 1.87 bits per heavy atom. The van der Waals surface area contributed by atoms with Crippen LogP contribution in [0.15, 0.2) is 23.6 Å². The van der Waals surface area contributed by atoms with Crippen molar-refractivity contribution in [2.75, 3.05) is 26.2 Å². The highest BCUT2D eigenvalue weighted by atomic mass is 32.1. The molecule has 1 aromatic carbocycles. The molecule has 0 spiro atoms. The van der Waals surface area contributed by atoms with E-state index in [1.54, 1.807) is 25.2 Å². The molecule has 0 aliphatic carbocycles. The van der Waals surface area contributed by atoms with Crippen molar-refractivity contribution in [3.05, 3.63) is 62.9 Å². The van der Waals surface area contributed by atoms with E-state index in [1.807, 2.05) is 11.8 Å². The number of aromatic nitrogens is 3. The molecule has 2 aromatic heterocycles. The minimum Gasteiger partial charge on any atom is -0.336 e. The van der Waals surface area contributed by atoms with Crippen molar-refractivity contribution in [2.45, 2.75) is 27.3 Å². The minimum atomic E-state index is -0.717. The smallest absolute Gasteiger partial charge is 0.257 e. The predicted octanol–water partition coefficient (Wildman–Crippen LogP) is 3.49. The summed E-state index contributed by atoms with van der Waals surface area (Å²) < 4.78 is 28.9. The number of benzene rings is 1. The van der Waals surface area contributed by atoms with Gasteiger partial charge in [0.1, 0.15) is 11.5 Å². The Kier molecular flexibility index (Phi) is 5.66. The number of rotatable bonds is 4. The van der Waals surface area contributed by atoms with Crippen LogP contribution in [0, 0.1) is 32.4 Å². The fourth-order valence-electron chi connectivity index (χ4n) is 3.82. The van der Waals surface area contributed by atoms with Gasteiger partial charge in [-0.1, -0.05) is 0 Å². The zero-order valence-corrected chi connectivity index (χ0v) is 18.0. The SMILES string of the molecule is Cc1nc(CN2CCN(C(=O)c3c(C)nn(-c4ccc(F)cc4F)c3C)CC2)cs1. The van der Waals surface area contributed by atoms with Gasteiger partial charge < -0.3 is 4.90 Å². The highest BCUT2D eigenvalue weighted by Crippen LogP contribution is 2.23. The molecule has 1 aliphatic rings. The molecule has 0 saturated carbocycles. The average Bonchev–Trinajstić information content (AvgIpc) is 3.24. The fourth-order valence-corrected chi connectivity index (χ4v) is 4.42. The maximum Gasteiger partial charge on any atom is 0.257 e. The van der Waals surface area contributed by atoms with Crippen LogP contribution in [-0.2, 0) is 6.54 Å². The van der Waals surface area contributed by atoms with Crippen LogP contribution in [0.25, 0.3) is 5.69 Å². The van der Waals surface area contributed by atoms with E-state index in [-0.39, 0.29) is 11.6 Å². The van der Waals surface area contributed by atoms with Crippen LogP contribution in [-0.4, -0.2) is 56.7 Å². The lowest BCUT2D eigenvalue weighted by molar-refractivity contribution is 0.0626. The van der Waals surface area contributed by atoms with E-state index in [1.165, 1.54) is 16.8 Å². The second kappa shape index (κ2) is 8.23. The molecule has 0 radical (unpaired) electrons. The zero-order chi connectivity index (χ0) is 21.4. The van der Waals surface area contributed by atoms with Gasteiger partial charge in [-0.2, -0.15) is 5.10 Å². The lowest BCUT2D eigenvalue weighted by Crippen LogP contribution is -2.48. The van der Waals surface area contributed by atoms with Crippen molar-refractivity contribution in [3.63, 3.8) is 0 Å². The number of thiazole rings is 1. The van der Waals surface area contributed by atoms with Crippen LogP contribution in [0.2, 0.25) is 0 Å². The Morgan fingerprint density at radius 3 is 2.50 bits per heavy atom. The average molecular weight is 432 g/mol. The Morgan fingerprint density at radius 1 is 1.13 bits per heavy atom. The van der Waals surface area contributed by atoms with Crippen LogP contribution >= 0.6 is 11.3 Å².